The summed E-state index contributed by atoms with van der Waals surface area (Å²) in [5.41, 5.74) is 2.94. The number of fused-ring (bicyclic) bond motifs is 1. The molecule has 196 valence electrons. The molecule has 0 atom stereocenters. The van der Waals surface area contributed by atoms with E-state index in [-0.39, 0.29) is 11.7 Å². The Morgan fingerprint density at radius 2 is 1.97 bits per heavy atom. The van der Waals surface area contributed by atoms with Gasteiger partial charge in [-0.3, -0.25) is 4.79 Å². The molecule has 4 aromatic rings. The number of anilines is 4. The van der Waals surface area contributed by atoms with Crippen molar-refractivity contribution >= 4 is 39.8 Å². The minimum absolute atomic E-state index is 0.289. The number of likely N-dealkylation sites (N-methyl/N-ethyl adjacent to an activating group) is 1. The molecule has 0 aliphatic carbocycles. The number of nitrogens with one attached hydrogen (secondary N) is 2. The fourth-order valence-electron chi connectivity index (χ4n) is 4.65. The van der Waals surface area contributed by atoms with Gasteiger partial charge in [-0.2, -0.15) is 4.98 Å². The fraction of sp³-hybridized carbons (Fsp3) is 0.250. The van der Waals surface area contributed by atoms with Gasteiger partial charge in [-0.1, -0.05) is 6.58 Å². The van der Waals surface area contributed by atoms with Crippen LogP contribution in [0, 0.1) is 5.82 Å². The number of carbonyl (C=O) groups is 1. The number of carbonyl (C=O) groups excluding carboxylic acids is 1. The number of hydrogen-bond acceptors (Lipinski definition) is 7. The molecule has 2 aromatic heterocycles. The Hall–Kier alpha value is -4.44. The molecule has 1 amide bonds. The van der Waals surface area contributed by atoms with Gasteiger partial charge in [0.25, 0.3) is 0 Å². The van der Waals surface area contributed by atoms with Gasteiger partial charge in [0, 0.05) is 43.5 Å². The summed E-state index contributed by atoms with van der Waals surface area (Å²) in [7, 11) is 3.71. The Morgan fingerprint density at radius 1 is 1.11 bits per heavy atom. The summed E-state index contributed by atoms with van der Waals surface area (Å²) >= 11 is 0. The van der Waals surface area contributed by atoms with E-state index in [4.69, 9.17) is 4.74 Å². The van der Waals surface area contributed by atoms with E-state index in [1.807, 2.05) is 29.0 Å². The maximum Gasteiger partial charge on any atom is 0.247 e. The van der Waals surface area contributed by atoms with Crippen LogP contribution in [-0.2, 0) is 4.79 Å². The van der Waals surface area contributed by atoms with E-state index in [1.54, 1.807) is 25.4 Å². The van der Waals surface area contributed by atoms with Gasteiger partial charge in [-0.05, 0) is 62.5 Å². The lowest BCUT2D eigenvalue weighted by atomic mass is 10.1. The molecule has 10 heteroatoms. The first kappa shape index (κ1) is 25.2. The summed E-state index contributed by atoms with van der Waals surface area (Å²) < 4.78 is 21.3. The molecule has 0 unspecified atom stereocenters. The smallest absolute Gasteiger partial charge is 0.247 e. The highest BCUT2D eigenvalue weighted by Gasteiger charge is 2.20. The SMILES string of the molecule is C=CC(=O)Nc1cc(Nc2nccc(-n3ccc4cc(F)ccc43)n2)c(OC)cc1N1CCCN(C)CC1. The Balaban J connectivity index is 1.50. The molecule has 0 bridgehead atoms. The molecule has 0 saturated carbocycles. The summed E-state index contributed by atoms with van der Waals surface area (Å²) in [4.78, 5) is 25.9. The third-order valence-electron chi connectivity index (χ3n) is 6.61. The van der Waals surface area contributed by atoms with Crippen molar-refractivity contribution in [2.45, 2.75) is 6.42 Å². The van der Waals surface area contributed by atoms with Gasteiger partial charge in [-0.15, -0.1) is 0 Å². The average molecular weight is 516 g/mol. The van der Waals surface area contributed by atoms with E-state index >= 15 is 0 Å². The molecular weight excluding hydrogens is 485 g/mol. The molecule has 38 heavy (non-hydrogen) atoms. The van der Waals surface area contributed by atoms with Crippen molar-refractivity contribution < 1.29 is 13.9 Å². The van der Waals surface area contributed by atoms with Crippen LogP contribution in [0.1, 0.15) is 6.42 Å². The normalized spacial score (nSPS) is 14.2. The van der Waals surface area contributed by atoms with Gasteiger partial charge in [0.15, 0.2) is 0 Å². The first-order valence-electron chi connectivity index (χ1n) is 12.4. The second-order valence-electron chi connectivity index (χ2n) is 9.16. The fourth-order valence-corrected chi connectivity index (χ4v) is 4.65. The van der Waals surface area contributed by atoms with Gasteiger partial charge in [0.2, 0.25) is 11.9 Å². The first-order valence-corrected chi connectivity index (χ1v) is 12.4. The van der Waals surface area contributed by atoms with Crippen molar-refractivity contribution in [2.75, 3.05) is 55.9 Å². The molecule has 2 aromatic carbocycles. The Morgan fingerprint density at radius 3 is 2.79 bits per heavy atom. The molecule has 1 aliphatic heterocycles. The van der Waals surface area contributed by atoms with Crippen molar-refractivity contribution in [2.24, 2.45) is 0 Å². The van der Waals surface area contributed by atoms with Crippen LogP contribution in [0.3, 0.4) is 0 Å². The van der Waals surface area contributed by atoms with Crippen LogP contribution in [0.15, 0.2) is 67.5 Å². The third-order valence-corrected chi connectivity index (χ3v) is 6.61. The molecule has 1 fully saturated rings. The molecule has 0 spiro atoms. The van der Waals surface area contributed by atoms with Crippen molar-refractivity contribution in [3.05, 3.63) is 73.3 Å². The van der Waals surface area contributed by atoms with E-state index in [2.05, 4.69) is 44.0 Å². The molecule has 2 N–H and O–H groups in total. The second-order valence-corrected chi connectivity index (χ2v) is 9.16. The quantitative estimate of drug-likeness (QED) is 0.349. The van der Waals surface area contributed by atoms with Gasteiger partial charge >= 0.3 is 0 Å². The van der Waals surface area contributed by atoms with Gasteiger partial charge in [0.1, 0.15) is 17.4 Å². The van der Waals surface area contributed by atoms with Crippen molar-refractivity contribution in [3.63, 3.8) is 0 Å². The monoisotopic (exact) mass is 515 g/mol. The van der Waals surface area contributed by atoms with Crippen LogP contribution in [0.5, 0.6) is 5.75 Å². The Labute approximate surface area is 220 Å². The maximum atomic E-state index is 13.7. The molecule has 3 heterocycles. The third kappa shape index (κ3) is 5.30. The Kier molecular flexibility index (Phi) is 7.23. The van der Waals surface area contributed by atoms with E-state index in [1.165, 1.54) is 18.2 Å². The van der Waals surface area contributed by atoms with Crippen LogP contribution >= 0.6 is 0 Å². The van der Waals surface area contributed by atoms with Crippen molar-refractivity contribution in [1.82, 2.24) is 19.4 Å². The van der Waals surface area contributed by atoms with Gasteiger partial charge in [-0.25, -0.2) is 9.37 Å². The average Bonchev–Trinajstić information content (AvgIpc) is 3.21. The van der Waals surface area contributed by atoms with Crippen LogP contribution in [0.4, 0.5) is 27.4 Å². The number of nitrogens with zero attached hydrogens (tertiary/aromatic N) is 5. The lowest BCUT2D eigenvalue weighted by molar-refractivity contribution is -0.111. The topological polar surface area (TPSA) is 87.5 Å². The van der Waals surface area contributed by atoms with Crippen LogP contribution in [0.2, 0.25) is 0 Å². The second kappa shape index (κ2) is 10.9. The molecule has 1 aliphatic rings. The van der Waals surface area contributed by atoms with Crippen molar-refractivity contribution in [1.29, 1.82) is 0 Å². The lowest BCUT2D eigenvalue weighted by Crippen LogP contribution is -2.29. The number of ether oxygens (including phenoxy) is 1. The van der Waals surface area contributed by atoms with Crippen molar-refractivity contribution in [3.8, 4) is 11.6 Å². The summed E-state index contributed by atoms with van der Waals surface area (Å²) in [6.07, 6.45) is 5.74. The molecular formula is C28H30FN7O2. The van der Waals surface area contributed by atoms with E-state index in [0.717, 1.165) is 49.2 Å². The van der Waals surface area contributed by atoms with E-state index in [9.17, 15) is 9.18 Å². The summed E-state index contributed by atoms with van der Waals surface area (Å²) in [6.45, 7) is 7.20. The highest BCUT2D eigenvalue weighted by Crippen LogP contribution is 2.38. The molecule has 5 rings (SSSR count). The van der Waals surface area contributed by atoms with Gasteiger partial charge < -0.3 is 29.7 Å². The van der Waals surface area contributed by atoms with Gasteiger partial charge in [0.05, 0.1) is 29.7 Å². The number of rotatable bonds is 7. The summed E-state index contributed by atoms with van der Waals surface area (Å²) in [5, 5.41) is 6.96. The molecule has 1 saturated heterocycles. The zero-order valence-electron chi connectivity index (χ0n) is 21.4. The van der Waals surface area contributed by atoms with E-state index in [0.29, 0.717) is 28.9 Å². The lowest BCUT2D eigenvalue weighted by Gasteiger charge is -2.27. The maximum absolute atomic E-state index is 13.7. The highest BCUT2D eigenvalue weighted by molar-refractivity contribution is 6.02. The van der Waals surface area contributed by atoms with Crippen LogP contribution < -0.4 is 20.3 Å². The predicted molar refractivity (Wildman–Crippen MR) is 148 cm³/mol. The molecule has 0 radical (unpaired) electrons. The largest absolute Gasteiger partial charge is 0.494 e. The highest BCUT2D eigenvalue weighted by atomic mass is 19.1. The zero-order chi connectivity index (χ0) is 26.6. The van der Waals surface area contributed by atoms with E-state index < -0.39 is 0 Å². The van der Waals surface area contributed by atoms with Crippen LogP contribution in [-0.4, -0.2) is 65.7 Å². The Bertz CT molecular complexity index is 1490. The molecule has 9 nitrogen and oxygen atoms in total. The number of aromatic nitrogens is 3. The summed E-state index contributed by atoms with van der Waals surface area (Å²) in [5.74, 6) is 0.958. The minimum atomic E-state index is -0.302. The number of halogens is 1. The standard InChI is InChI=1S/C28H30FN7O2/c1-4-27(37)31-21-17-22(25(38-3)18-24(21)35-12-5-11-34(2)14-15-35)32-28-30-10-8-26(33-28)36-13-9-19-16-20(29)6-7-23(19)36/h4,6-10,13,16-18H,1,5,11-12,14-15H2,2-3H3,(H,31,37)(H,30,32,33). The minimum Gasteiger partial charge on any atom is -0.494 e. The first-order chi connectivity index (χ1) is 18.4. The summed E-state index contributed by atoms with van der Waals surface area (Å²) in [6, 6.07) is 12.0. The number of amides is 1. The predicted octanol–water partition coefficient (Wildman–Crippen LogP) is 4.58. The number of benzene rings is 2. The van der Waals surface area contributed by atoms with Crippen LogP contribution in [0.25, 0.3) is 16.7 Å². The number of methoxy groups -OCH3 is 1. The number of hydrogen-bond donors (Lipinski definition) is 2. The zero-order valence-corrected chi connectivity index (χ0v) is 21.4.